The molecule has 0 unspecified atom stereocenters. The monoisotopic (exact) mass is 289 g/mol. The predicted octanol–water partition coefficient (Wildman–Crippen LogP) is 1.55. The molecule has 0 aliphatic heterocycles. The Bertz CT molecular complexity index is 633. The number of amides is 2. The van der Waals surface area contributed by atoms with Crippen LogP contribution in [0.4, 0.5) is 10.7 Å². The molecule has 1 fully saturated rings. The molecule has 0 bridgehead atoms. The van der Waals surface area contributed by atoms with Crippen molar-refractivity contribution in [2.75, 3.05) is 11.9 Å². The van der Waals surface area contributed by atoms with Gasteiger partial charge >= 0.3 is 6.03 Å². The molecule has 0 saturated heterocycles. The van der Waals surface area contributed by atoms with Crippen LogP contribution < -0.4 is 10.6 Å². The van der Waals surface area contributed by atoms with Crippen LogP contribution in [0.1, 0.15) is 32.1 Å². The van der Waals surface area contributed by atoms with Crippen LogP contribution in [-0.2, 0) is 0 Å². The van der Waals surface area contributed by atoms with E-state index in [4.69, 9.17) is 0 Å². The number of aromatic nitrogens is 3. The lowest BCUT2D eigenvalue weighted by Gasteiger charge is -2.31. The van der Waals surface area contributed by atoms with Crippen LogP contribution in [0, 0.1) is 0 Å². The molecule has 2 aromatic rings. The molecular formula is C14H19N5O2. The van der Waals surface area contributed by atoms with Crippen LogP contribution in [0.15, 0.2) is 24.4 Å². The quantitative estimate of drug-likeness (QED) is 0.799. The molecule has 0 aromatic carbocycles. The fourth-order valence-corrected chi connectivity index (χ4v) is 2.70. The first-order valence-corrected chi connectivity index (χ1v) is 7.23. The van der Waals surface area contributed by atoms with Gasteiger partial charge in [-0.15, -0.1) is 10.2 Å². The molecule has 0 atom stereocenters. The van der Waals surface area contributed by atoms with E-state index in [1.54, 1.807) is 16.7 Å². The predicted molar refractivity (Wildman–Crippen MR) is 78.0 cm³/mol. The Morgan fingerprint density at radius 2 is 2.10 bits per heavy atom. The van der Waals surface area contributed by atoms with Crippen LogP contribution in [0.25, 0.3) is 5.65 Å². The van der Waals surface area contributed by atoms with E-state index in [0.29, 0.717) is 11.6 Å². The van der Waals surface area contributed by atoms with Crippen molar-refractivity contribution in [3.05, 3.63) is 24.4 Å². The Hall–Kier alpha value is -2.15. The number of nitrogens with one attached hydrogen (secondary N) is 2. The van der Waals surface area contributed by atoms with Gasteiger partial charge in [-0.2, -0.15) is 0 Å². The second-order valence-electron chi connectivity index (χ2n) is 5.55. The highest BCUT2D eigenvalue weighted by Crippen LogP contribution is 2.27. The molecule has 3 N–H and O–H groups in total. The van der Waals surface area contributed by atoms with Gasteiger partial charge in [0.15, 0.2) is 5.65 Å². The Labute approximate surface area is 122 Å². The molecule has 2 aromatic heterocycles. The van der Waals surface area contributed by atoms with Gasteiger partial charge in [0.25, 0.3) is 0 Å². The van der Waals surface area contributed by atoms with Gasteiger partial charge in [-0.25, -0.2) is 4.79 Å². The summed E-state index contributed by atoms with van der Waals surface area (Å²) in [5.41, 5.74) is -0.110. The van der Waals surface area contributed by atoms with Crippen LogP contribution in [0.5, 0.6) is 0 Å². The lowest BCUT2D eigenvalue weighted by molar-refractivity contribution is 0.00754. The highest BCUT2D eigenvalue weighted by atomic mass is 16.3. The Kier molecular flexibility index (Phi) is 3.74. The van der Waals surface area contributed by atoms with E-state index in [1.165, 1.54) is 0 Å². The summed E-state index contributed by atoms with van der Waals surface area (Å²) in [6.07, 6.45) is 6.42. The van der Waals surface area contributed by atoms with Crippen molar-refractivity contribution >= 4 is 17.6 Å². The third kappa shape index (κ3) is 3.13. The van der Waals surface area contributed by atoms with E-state index < -0.39 is 5.60 Å². The number of nitrogens with zero attached hydrogens (tertiary/aromatic N) is 3. The topological polar surface area (TPSA) is 91.5 Å². The maximum atomic E-state index is 11.9. The number of rotatable bonds is 3. The van der Waals surface area contributed by atoms with Gasteiger partial charge in [0.05, 0.1) is 5.60 Å². The number of urea groups is 1. The van der Waals surface area contributed by atoms with Crippen LogP contribution in [-0.4, -0.2) is 37.9 Å². The molecule has 0 radical (unpaired) electrons. The second-order valence-corrected chi connectivity index (χ2v) is 5.55. The minimum atomic E-state index is -0.775. The normalized spacial score (nSPS) is 17.6. The average Bonchev–Trinajstić information content (AvgIpc) is 2.90. The van der Waals surface area contributed by atoms with Gasteiger partial charge in [0.2, 0.25) is 5.95 Å². The van der Waals surface area contributed by atoms with Crippen molar-refractivity contribution in [2.45, 2.75) is 37.7 Å². The summed E-state index contributed by atoms with van der Waals surface area (Å²) < 4.78 is 1.69. The second kappa shape index (κ2) is 5.69. The van der Waals surface area contributed by atoms with E-state index in [-0.39, 0.29) is 12.6 Å². The minimum Gasteiger partial charge on any atom is -0.388 e. The van der Waals surface area contributed by atoms with Gasteiger partial charge in [-0.1, -0.05) is 25.3 Å². The van der Waals surface area contributed by atoms with Crippen molar-refractivity contribution in [3.63, 3.8) is 0 Å². The number of pyridine rings is 1. The van der Waals surface area contributed by atoms with Gasteiger partial charge in [-0.05, 0) is 25.0 Å². The van der Waals surface area contributed by atoms with Crippen molar-refractivity contribution in [1.29, 1.82) is 0 Å². The standard InChI is InChI=1S/C14H19N5O2/c20-13(15-10-14(21)7-3-1-4-8-14)16-12-18-17-11-6-2-5-9-19(11)12/h2,5-6,9,21H,1,3-4,7-8,10H2,(H2,15,16,18,20). The van der Waals surface area contributed by atoms with E-state index in [9.17, 15) is 9.90 Å². The molecule has 2 heterocycles. The van der Waals surface area contributed by atoms with Gasteiger partial charge in [0, 0.05) is 12.7 Å². The van der Waals surface area contributed by atoms with Gasteiger partial charge in [-0.3, -0.25) is 9.72 Å². The number of carbonyl (C=O) groups is 1. The minimum absolute atomic E-state index is 0.259. The molecule has 2 amide bonds. The smallest absolute Gasteiger partial charge is 0.321 e. The van der Waals surface area contributed by atoms with Crippen molar-refractivity contribution in [3.8, 4) is 0 Å². The van der Waals surface area contributed by atoms with E-state index in [2.05, 4.69) is 20.8 Å². The summed E-state index contributed by atoms with van der Waals surface area (Å²) >= 11 is 0. The summed E-state index contributed by atoms with van der Waals surface area (Å²) in [6.45, 7) is 0.259. The summed E-state index contributed by atoms with van der Waals surface area (Å²) in [4.78, 5) is 11.9. The lowest BCUT2D eigenvalue weighted by Crippen LogP contribution is -2.45. The van der Waals surface area contributed by atoms with Crippen LogP contribution in [0.2, 0.25) is 0 Å². The molecule has 0 spiro atoms. The van der Waals surface area contributed by atoms with Crippen LogP contribution in [0.3, 0.4) is 0 Å². The summed E-state index contributed by atoms with van der Waals surface area (Å²) in [5, 5.41) is 23.6. The first-order valence-electron chi connectivity index (χ1n) is 7.23. The number of anilines is 1. The maximum absolute atomic E-state index is 11.9. The molecule has 1 saturated carbocycles. The fraction of sp³-hybridized carbons (Fsp3) is 0.500. The molecular weight excluding hydrogens is 270 g/mol. The SMILES string of the molecule is O=C(NCC1(O)CCCCC1)Nc1nnc2ccccn12. The zero-order valence-corrected chi connectivity index (χ0v) is 11.7. The fourth-order valence-electron chi connectivity index (χ4n) is 2.70. The number of hydrogen-bond acceptors (Lipinski definition) is 4. The summed E-state index contributed by atoms with van der Waals surface area (Å²) in [5.74, 6) is 0.360. The third-order valence-corrected chi connectivity index (χ3v) is 3.90. The van der Waals surface area contributed by atoms with Crippen LogP contribution >= 0.6 is 0 Å². The zero-order chi connectivity index (χ0) is 14.7. The largest absolute Gasteiger partial charge is 0.388 e. The Morgan fingerprint density at radius 3 is 2.90 bits per heavy atom. The highest BCUT2D eigenvalue weighted by Gasteiger charge is 2.29. The van der Waals surface area contributed by atoms with Gasteiger partial charge < -0.3 is 10.4 Å². The molecule has 1 aliphatic carbocycles. The molecule has 112 valence electrons. The first kappa shape index (κ1) is 13.8. The summed E-state index contributed by atoms with van der Waals surface area (Å²) in [7, 11) is 0. The summed E-state index contributed by atoms with van der Waals surface area (Å²) in [6, 6.07) is 5.12. The van der Waals surface area contributed by atoms with E-state index in [1.807, 2.05) is 12.1 Å². The van der Waals surface area contributed by atoms with E-state index >= 15 is 0 Å². The third-order valence-electron chi connectivity index (χ3n) is 3.90. The Balaban J connectivity index is 1.59. The molecule has 1 aliphatic rings. The highest BCUT2D eigenvalue weighted by molar-refractivity contribution is 5.87. The van der Waals surface area contributed by atoms with Gasteiger partial charge in [0.1, 0.15) is 0 Å². The zero-order valence-electron chi connectivity index (χ0n) is 11.7. The number of hydrogen-bond donors (Lipinski definition) is 3. The Morgan fingerprint density at radius 1 is 1.29 bits per heavy atom. The lowest BCUT2D eigenvalue weighted by atomic mass is 9.85. The van der Waals surface area contributed by atoms with Crippen molar-refractivity contribution in [1.82, 2.24) is 19.9 Å². The molecule has 7 heteroatoms. The maximum Gasteiger partial charge on any atom is 0.321 e. The molecule has 21 heavy (non-hydrogen) atoms. The number of aliphatic hydroxyl groups is 1. The molecule has 3 rings (SSSR count). The van der Waals surface area contributed by atoms with Crippen molar-refractivity contribution < 1.29 is 9.90 Å². The number of carbonyl (C=O) groups excluding carboxylic acids is 1. The number of fused-ring (bicyclic) bond motifs is 1. The molecule has 7 nitrogen and oxygen atoms in total. The van der Waals surface area contributed by atoms with Crippen molar-refractivity contribution in [2.24, 2.45) is 0 Å². The average molecular weight is 289 g/mol. The van der Waals surface area contributed by atoms with E-state index in [0.717, 1.165) is 32.1 Å². The first-order chi connectivity index (χ1) is 10.2.